The highest BCUT2D eigenvalue weighted by Crippen LogP contribution is 2.34. The molecule has 0 spiro atoms. The first-order valence-corrected chi connectivity index (χ1v) is 9.47. The topological polar surface area (TPSA) is 65.1 Å². The summed E-state index contributed by atoms with van der Waals surface area (Å²) in [6.45, 7) is 1.57. The molecule has 0 atom stereocenters. The average Bonchev–Trinajstić information content (AvgIpc) is 3.19. The number of rotatable bonds is 5. The van der Waals surface area contributed by atoms with Gasteiger partial charge in [0.15, 0.2) is 5.76 Å². The van der Waals surface area contributed by atoms with E-state index in [1.807, 2.05) is 0 Å². The van der Waals surface area contributed by atoms with Gasteiger partial charge in [-0.25, -0.2) is 22.5 Å². The minimum atomic E-state index is -0.978. The summed E-state index contributed by atoms with van der Waals surface area (Å²) >= 11 is 0. The van der Waals surface area contributed by atoms with Gasteiger partial charge < -0.3 is 4.42 Å². The van der Waals surface area contributed by atoms with E-state index >= 15 is 0 Å². The number of halogens is 4. The molecule has 0 saturated heterocycles. The Labute approximate surface area is 178 Å². The van der Waals surface area contributed by atoms with Crippen LogP contribution < -0.4 is 5.56 Å². The highest BCUT2D eigenvalue weighted by atomic mass is 19.1. The maximum Gasteiger partial charge on any atom is 0.264 e. The molecule has 0 fully saturated rings. The molecule has 9 heteroatoms. The molecule has 4 aromatic rings. The monoisotopic (exact) mass is 442 g/mol. The molecule has 0 aliphatic carbocycles. The van der Waals surface area contributed by atoms with Gasteiger partial charge in [-0.3, -0.25) is 14.2 Å². The molecule has 2 aromatic carbocycles. The maximum atomic E-state index is 14.5. The van der Waals surface area contributed by atoms with Crippen LogP contribution in [0.1, 0.15) is 24.0 Å². The van der Waals surface area contributed by atoms with Crippen LogP contribution in [0.3, 0.4) is 0 Å². The molecule has 2 heterocycles. The summed E-state index contributed by atoms with van der Waals surface area (Å²) in [4.78, 5) is 28.6. The van der Waals surface area contributed by atoms with Crippen molar-refractivity contribution in [3.05, 3.63) is 94.2 Å². The Balaban J connectivity index is 1.97. The van der Waals surface area contributed by atoms with Crippen molar-refractivity contribution in [1.82, 2.24) is 9.55 Å². The number of pyridine rings is 1. The fourth-order valence-electron chi connectivity index (χ4n) is 3.17. The summed E-state index contributed by atoms with van der Waals surface area (Å²) < 4.78 is 62.7. The maximum absolute atomic E-state index is 14.5. The number of benzene rings is 2. The first-order valence-electron chi connectivity index (χ1n) is 9.47. The predicted molar refractivity (Wildman–Crippen MR) is 107 cm³/mol. The summed E-state index contributed by atoms with van der Waals surface area (Å²) in [5, 5.41) is 0. The molecule has 0 unspecified atom stereocenters. The van der Waals surface area contributed by atoms with E-state index in [9.17, 15) is 27.2 Å². The number of ketones is 1. The molecule has 0 aliphatic rings. The van der Waals surface area contributed by atoms with Gasteiger partial charge in [0.05, 0.1) is 0 Å². The molecule has 0 bridgehead atoms. The van der Waals surface area contributed by atoms with E-state index in [4.69, 9.17) is 4.42 Å². The first kappa shape index (κ1) is 21.2. The second kappa shape index (κ2) is 8.26. The van der Waals surface area contributed by atoms with Gasteiger partial charge in [0.25, 0.3) is 11.4 Å². The third-order valence-corrected chi connectivity index (χ3v) is 4.72. The summed E-state index contributed by atoms with van der Waals surface area (Å²) in [7, 11) is 0. The zero-order valence-electron chi connectivity index (χ0n) is 16.5. The fourth-order valence-corrected chi connectivity index (χ4v) is 3.17. The van der Waals surface area contributed by atoms with Crippen LogP contribution in [0.15, 0.2) is 63.9 Å². The molecule has 0 aliphatic heterocycles. The van der Waals surface area contributed by atoms with Crippen molar-refractivity contribution in [3.8, 4) is 28.3 Å². The summed E-state index contributed by atoms with van der Waals surface area (Å²) in [6.07, 6.45) is 1.14. The number of carbonyl (C=O) groups is 1. The molecule has 5 nitrogen and oxygen atoms in total. The van der Waals surface area contributed by atoms with Gasteiger partial charge >= 0.3 is 0 Å². The van der Waals surface area contributed by atoms with Gasteiger partial charge in [0.2, 0.25) is 5.78 Å². The molecule has 0 N–H and O–H groups in total. The van der Waals surface area contributed by atoms with E-state index in [2.05, 4.69) is 4.98 Å². The van der Waals surface area contributed by atoms with Gasteiger partial charge in [-0.2, -0.15) is 0 Å². The molecule has 2 aromatic heterocycles. The number of aromatic nitrogens is 2. The Bertz CT molecular complexity index is 1390. The molecule has 0 radical (unpaired) electrons. The van der Waals surface area contributed by atoms with Crippen molar-refractivity contribution in [2.75, 3.05) is 0 Å². The van der Waals surface area contributed by atoms with E-state index in [0.717, 1.165) is 47.2 Å². The van der Waals surface area contributed by atoms with E-state index in [1.54, 1.807) is 6.92 Å². The van der Waals surface area contributed by atoms with Crippen LogP contribution in [-0.4, -0.2) is 15.3 Å². The Morgan fingerprint density at radius 3 is 2.38 bits per heavy atom. The lowest BCUT2D eigenvalue weighted by Gasteiger charge is -2.10. The Morgan fingerprint density at radius 2 is 1.72 bits per heavy atom. The van der Waals surface area contributed by atoms with Crippen LogP contribution in [0, 0.1) is 23.3 Å². The average molecular weight is 442 g/mol. The first-order chi connectivity index (χ1) is 15.3. The van der Waals surface area contributed by atoms with E-state index in [0.29, 0.717) is 6.07 Å². The number of carbonyl (C=O) groups excluding carboxylic acids is 1. The van der Waals surface area contributed by atoms with Gasteiger partial charge in [-0.05, 0) is 30.3 Å². The number of oxazole rings is 1. The van der Waals surface area contributed by atoms with Gasteiger partial charge in [0, 0.05) is 35.9 Å². The molecule has 0 saturated carbocycles. The number of hydrogen-bond acceptors (Lipinski definition) is 4. The Kier molecular flexibility index (Phi) is 5.48. The predicted octanol–water partition coefficient (Wildman–Crippen LogP) is 5.31. The largest absolute Gasteiger partial charge is 0.433 e. The lowest BCUT2D eigenvalue weighted by atomic mass is 10.1. The standard InChI is InChI=1S/C23H14F4N2O3/c1-2-18(30)23-28-20(14-8-7-13(24)10-17(14)27)22(32-23)12-6-9-19(31)29(11-12)21-15(25)4-3-5-16(21)26/h3-11H,2H2,1H3. The highest BCUT2D eigenvalue weighted by molar-refractivity contribution is 5.93. The van der Waals surface area contributed by atoms with Crippen LogP contribution in [0.5, 0.6) is 0 Å². The van der Waals surface area contributed by atoms with Crippen molar-refractivity contribution < 1.29 is 26.8 Å². The Hall–Kier alpha value is -4.01. The Morgan fingerprint density at radius 1 is 1.00 bits per heavy atom. The molecular formula is C23H14F4N2O3. The van der Waals surface area contributed by atoms with Crippen molar-refractivity contribution >= 4 is 5.78 Å². The summed E-state index contributed by atoms with van der Waals surface area (Å²) in [5.41, 5.74) is -1.54. The molecule has 0 amide bonds. The van der Waals surface area contributed by atoms with E-state index in [-0.39, 0.29) is 34.9 Å². The molecule has 162 valence electrons. The summed E-state index contributed by atoms with van der Waals surface area (Å²) in [6, 6.07) is 8.22. The van der Waals surface area contributed by atoms with Crippen LogP contribution in [0.25, 0.3) is 28.3 Å². The SMILES string of the molecule is CCC(=O)c1nc(-c2ccc(F)cc2F)c(-c2ccc(=O)n(-c3c(F)cccc3F)c2)o1. The third-order valence-electron chi connectivity index (χ3n) is 4.72. The van der Waals surface area contributed by atoms with Gasteiger partial charge in [0.1, 0.15) is 34.7 Å². The van der Waals surface area contributed by atoms with Crippen LogP contribution in [0.4, 0.5) is 17.6 Å². The zero-order chi connectivity index (χ0) is 23.0. The lowest BCUT2D eigenvalue weighted by molar-refractivity contribution is 0.0955. The van der Waals surface area contributed by atoms with E-state index in [1.165, 1.54) is 6.07 Å². The number of hydrogen-bond donors (Lipinski definition) is 0. The van der Waals surface area contributed by atoms with Gasteiger partial charge in [-0.15, -0.1) is 0 Å². The summed E-state index contributed by atoms with van der Waals surface area (Å²) in [5.74, 6) is -4.66. The fraction of sp³-hybridized carbons (Fsp3) is 0.0870. The third kappa shape index (κ3) is 3.73. The van der Waals surface area contributed by atoms with Crippen LogP contribution in [0.2, 0.25) is 0 Å². The second-order valence-corrected chi connectivity index (χ2v) is 6.79. The van der Waals surface area contributed by atoms with Crippen molar-refractivity contribution in [2.24, 2.45) is 0 Å². The van der Waals surface area contributed by atoms with Crippen LogP contribution in [-0.2, 0) is 0 Å². The quantitative estimate of drug-likeness (QED) is 0.311. The van der Waals surface area contributed by atoms with Crippen molar-refractivity contribution in [3.63, 3.8) is 0 Å². The number of Topliss-reactive ketones (excluding diaryl/α,β-unsaturated/α-hetero) is 1. The van der Waals surface area contributed by atoms with Crippen molar-refractivity contribution in [1.29, 1.82) is 0 Å². The smallest absolute Gasteiger partial charge is 0.264 e. The van der Waals surface area contributed by atoms with E-state index < -0.39 is 40.3 Å². The number of para-hydroxylation sites is 1. The number of nitrogens with zero attached hydrogens (tertiary/aromatic N) is 2. The van der Waals surface area contributed by atoms with Crippen molar-refractivity contribution in [2.45, 2.75) is 13.3 Å². The minimum Gasteiger partial charge on any atom is -0.433 e. The minimum absolute atomic E-state index is 0.0469. The lowest BCUT2D eigenvalue weighted by Crippen LogP contribution is -2.19. The normalized spacial score (nSPS) is 11.0. The molecular weight excluding hydrogens is 428 g/mol. The highest BCUT2D eigenvalue weighted by Gasteiger charge is 2.24. The molecule has 32 heavy (non-hydrogen) atoms. The second-order valence-electron chi connectivity index (χ2n) is 6.79. The van der Waals surface area contributed by atoms with Crippen LogP contribution >= 0.6 is 0 Å². The molecule has 4 rings (SSSR count). The zero-order valence-corrected chi connectivity index (χ0v) is 16.5. The van der Waals surface area contributed by atoms with Gasteiger partial charge in [-0.1, -0.05) is 13.0 Å².